The second kappa shape index (κ2) is 5.50. The number of nitrogens with one attached hydrogen (secondary N) is 2. The zero-order valence-electron chi connectivity index (χ0n) is 7.55. The van der Waals surface area contributed by atoms with Gasteiger partial charge in [0, 0.05) is 18.8 Å². The predicted molar refractivity (Wildman–Crippen MR) is 52.4 cm³/mol. The summed E-state index contributed by atoms with van der Waals surface area (Å²) in [7, 11) is 0. The minimum absolute atomic E-state index is 0.0642. The Labute approximate surface area is 77.2 Å². The highest BCUT2D eigenvalue weighted by Crippen LogP contribution is 1.91. The molecule has 1 rings (SSSR count). The number of H-pyrrole nitrogens is 1. The number of hydrogen-bond donors (Lipinski definition) is 3. The van der Waals surface area contributed by atoms with Gasteiger partial charge in [-0.3, -0.25) is 4.79 Å². The quantitative estimate of drug-likeness (QED) is 0.551. The molecule has 0 saturated heterocycles. The van der Waals surface area contributed by atoms with Crippen molar-refractivity contribution in [2.45, 2.75) is 13.0 Å². The van der Waals surface area contributed by atoms with E-state index in [-0.39, 0.29) is 5.56 Å². The summed E-state index contributed by atoms with van der Waals surface area (Å²) in [5.41, 5.74) is 6.36. The maximum absolute atomic E-state index is 10.7. The van der Waals surface area contributed by atoms with Crippen molar-refractivity contribution in [3.8, 4) is 0 Å². The number of aromatic nitrogens is 1. The lowest BCUT2D eigenvalue weighted by atomic mass is 10.3. The van der Waals surface area contributed by atoms with E-state index in [9.17, 15) is 4.79 Å². The third-order valence-corrected chi connectivity index (χ3v) is 1.74. The van der Waals surface area contributed by atoms with E-state index in [1.807, 2.05) is 6.07 Å². The Bertz CT molecular complexity index is 275. The molecule has 0 aromatic carbocycles. The Morgan fingerprint density at radius 3 is 2.92 bits per heavy atom. The van der Waals surface area contributed by atoms with Crippen LogP contribution in [0.1, 0.15) is 12.0 Å². The monoisotopic (exact) mass is 181 g/mol. The van der Waals surface area contributed by atoms with Gasteiger partial charge in [0.1, 0.15) is 0 Å². The maximum Gasteiger partial charge on any atom is 0.247 e. The fourth-order valence-corrected chi connectivity index (χ4v) is 1.01. The Morgan fingerprint density at radius 2 is 2.31 bits per heavy atom. The zero-order valence-corrected chi connectivity index (χ0v) is 7.55. The Balaban J connectivity index is 2.29. The van der Waals surface area contributed by atoms with Crippen LogP contribution in [0, 0.1) is 0 Å². The van der Waals surface area contributed by atoms with Gasteiger partial charge < -0.3 is 16.0 Å². The van der Waals surface area contributed by atoms with Gasteiger partial charge in [-0.1, -0.05) is 6.07 Å². The van der Waals surface area contributed by atoms with Crippen molar-refractivity contribution in [3.05, 3.63) is 34.2 Å². The Kier molecular flexibility index (Phi) is 4.21. The summed E-state index contributed by atoms with van der Waals surface area (Å²) >= 11 is 0. The van der Waals surface area contributed by atoms with E-state index in [0.717, 1.165) is 25.1 Å². The van der Waals surface area contributed by atoms with E-state index in [2.05, 4.69) is 10.3 Å². The number of rotatable bonds is 5. The van der Waals surface area contributed by atoms with Gasteiger partial charge in [-0.15, -0.1) is 0 Å². The first kappa shape index (κ1) is 9.95. The van der Waals surface area contributed by atoms with Crippen LogP contribution in [0.25, 0.3) is 0 Å². The van der Waals surface area contributed by atoms with Crippen molar-refractivity contribution in [2.24, 2.45) is 5.73 Å². The average molecular weight is 181 g/mol. The van der Waals surface area contributed by atoms with Crippen molar-refractivity contribution < 1.29 is 0 Å². The molecule has 4 N–H and O–H groups in total. The number of hydrogen-bond acceptors (Lipinski definition) is 3. The molecule has 0 saturated carbocycles. The molecule has 0 aliphatic rings. The zero-order chi connectivity index (χ0) is 9.52. The van der Waals surface area contributed by atoms with Gasteiger partial charge in [-0.2, -0.15) is 0 Å². The van der Waals surface area contributed by atoms with Crippen LogP contribution in [0.3, 0.4) is 0 Å². The third kappa shape index (κ3) is 3.87. The first-order valence-electron chi connectivity index (χ1n) is 4.41. The first-order valence-corrected chi connectivity index (χ1v) is 4.41. The van der Waals surface area contributed by atoms with Crippen LogP contribution in [0.4, 0.5) is 0 Å². The molecule has 0 atom stereocenters. The van der Waals surface area contributed by atoms with E-state index < -0.39 is 0 Å². The molecule has 0 fully saturated rings. The number of pyridine rings is 1. The number of nitrogens with two attached hydrogens (primary N) is 1. The molecule has 13 heavy (non-hydrogen) atoms. The molecule has 0 amide bonds. The van der Waals surface area contributed by atoms with Crippen LogP contribution >= 0.6 is 0 Å². The van der Waals surface area contributed by atoms with Gasteiger partial charge in [0.05, 0.1) is 0 Å². The molecular formula is C9H15N3O. The highest BCUT2D eigenvalue weighted by Gasteiger charge is 1.91. The van der Waals surface area contributed by atoms with Crippen molar-refractivity contribution in [1.82, 2.24) is 10.3 Å². The van der Waals surface area contributed by atoms with Crippen LogP contribution in [-0.2, 0) is 6.54 Å². The number of aromatic amines is 1. The first-order chi connectivity index (χ1) is 6.33. The van der Waals surface area contributed by atoms with Gasteiger partial charge in [0.15, 0.2) is 0 Å². The molecule has 4 nitrogen and oxygen atoms in total. The van der Waals surface area contributed by atoms with E-state index in [4.69, 9.17) is 5.73 Å². The molecule has 1 aromatic heterocycles. The van der Waals surface area contributed by atoms with E-state index >= 15 is 0 Å². The second-order valence-corrected chi connectivity index (χ2v) is 2.88. The normalized spacial score (nSPS) is 10.2. The fourth-order valence-electron chi connectivity index (χ4n) is 1.01. The minimum Gasteiger partial charge on any atom is -0.330 e. The highest BCUT2D eigenvalue weighted by atomic mass is 16.1. The van der Waals surface area contributed by atoms with Gasteiger partial charge >= 0.3 is 0 Å². The van der Waals surface area contributed by atoms with Gasteiger partial charge in [0.25, 0.3) is 0 Å². The van der Waals surface area contributed by atoms with Gasteiger partial charge in [-0.25, -0.2) is 0 Å². The lowest BCUT2D eigenvalue weighted by Gasteiger charge is -2.02. The summed E-state index contributed by atoms with van der Waals surface area (Å²) in [5, 5.41) is 3.22. The molecule has 1 heterocycles. The topological polar surface area (TPSA) is 70.9 Å². The molecule has 0 unspecified atom stereocenters. The summed E-state index contributed by atoms with van der Waals surface area (Å²) in [6.07, 6.45) is 2.70. The Morgan fingerprint density at radius 1 is 1.46 bits per heavy atom. The van der Waals surface area contributed by atoms with Crippen LogP contribution in [0.5, 0.6) is 0 Å². The van der Waals surface area contributed by atoms with Crippen LogP contribution in [0.2, 0.25) is 0 Å². The summed E-state index contributed by atoms with van der Waals surface area (Å²) in [6, 6.07) is 3.34. The second-order valence-electron chi connectivity index (χ2n) is 2.88. The summed E-state index contributed by atoms with van der Waals surface area (Å²) in [5.74, 6) is 0. The van der Waals surface area contributed by atoms with Crippen molar-refractivity contribution >= 4 is 0 Å². The molecule has 0 aliphatic carbocycles. The standard InChI is InChI=1S/C9H15N3O/c10-4-1-5-11-6-8-2-3-9(13)12-7-8/h2-3,7,11H,1,4-6,10H2,(H,12,13). The molecule has 4 heteroatoms. The average Bonchev–Trinajstić information content (AvgIpc) is 2.15. The van der Waals surface area contributed by atoms with Crippen LogP contribution in [0.15, 0.2) is 23.1 Å². The molecule has 72 valence electrons. The van der Waals surface area contributed by atoms with Crippen molar-refractivity contribution in [2.75, 3.05) is 13.1 Å². The molecule has 0 bridgehead atoms. The Hall–Kier alpha value is -1.13. The lowest BCUT2D eigenvalue weighted by Crippen LogP contribution is -2.18. The molecule has 0 radical (unpaired) electrons. The summed E-state index contributed by atoms with van der Waals surface area (Å²) < 4.78 is 0. The van der Waals surface area contributed by atoms with Gasteiger partial charge in [0.2, 0.25) is 5.56 Å². The van der Waals surface area contributed by atoms with E-state index in [1.54, 1.807) is 6.20 Å². The van der Waals surface area contributed by atoms with E-state index in [1.165, 1.54) is 6.07 Å². The minimum atomic E-state index is -0.0642. The summed E-state index contributed by atoms with van der Waals surface area (Å²) in [4.78, 5) is 13.3. The predicted octanol–water partition coefficient (Wildman–Crippen LogP) is -0.187. The van der Waals surface area contributed by atoms with E-state index in [0.29, 0.717) is 6.54 Å². The molecule has 0 spiro atoms. The smallest absolute Gasteiger partial charge is 0.247 e. The van der Waals surface area contributed by atoms with Crippen LogP contribution < -0.4 is 16.6 Å². The highest BCUT2D eigenvalue weighted by molar-refractivity contribution is 5.07. The fraction of sp³-hybridized carbons (Fsp3) is 0.444. The molecule has 0 aliphatic heterocycles. The molecule has 1 aromatic rings. The third-order valence-electron chi connectivity index (χ3n) is 1.74. The van der Waals surface area contributed by atoms with Gasteiger partial charge in [-0.05, 0) is 25.1 Å². The summed E-state index contributed by atoms with van der Waals surface area (Å²) in [6.45, 7) is 2.39. The largest absolute Gasteiger partial charge is 0.330 e. The maximum atomic E-state index is 10.7. The van der Waals surface area contributed by atoms with Crippen LogP contribution in [-0.4, -0.2) is 18.1 Å². The lowest BCUT2D eigenvalue weighted by molar-refractivity contribution is 0.654. The molecular weight excluding hydrogens is 166 g/mol. The SMILES string of the molecule is NCCCNCc1ccc(=O)[nH]c1. The van der Waals surface area contributed by atoms with Crippen molar-refractivity contribution in [3.63, 3.8) is 0 Å². The van der Waals surface area contributed by atoms with Crippen molar-refractivity contribution in [1.29, 1.82) is 0 Å².